The third-order valence-electron chi connectivity index (χ3n) is 2.91. The van der Waals surface area contributed by atoms with Crippen LogP contribution in [0.15, 0.2) is 30.3 Å². The first-order chi connectivity index (χ1) is 9.24. The van der Waals surface area contributed by atoms with Gasteiger partial charge in [-0.2, -0.15) is 11.8 Å². The summed E-state index contributed by atoms with van der Waals surface area (Å²) in [6.45, 7) is 2.80. The summed E-state index contributed by atoms with van der Waals surface area (Å²) in [7, 11) is 0. The van der Waals surface area contributed by atoms with E-state index in [1.54, 1.807) is 0 Å². The van der Waals surface area contributed by atoms with Gasteiger partial charge in [-0.15, -0.1) is 0 Å². The number of anilines is 1. The van der Waals surface area contributed by atoms with E-state index in [9.17, 15) is 4.79 Å². The number of hydrogen-bond acceptors (Lipinski definition) is 3. The van der Waals surface area contributed by atoms with Crippen molar-refractivity contribution >= 4 is 23.4 Å². The predicted octanol–water partition coefficient (Wildman–Crippen LogP) is 3.14. The van der Waals surface area contributed by atoms with Crippen molar-refractivity contribution < 1.29 is 4.79 Å². The normalized spacial score (nSPS) is 12.1. The van der Waals surface area contributed by atoms with Crippen molar-refractivity contribution in [1.29, 1.82) is 0 Å². The molecule has 4 heteroatoms. The van der Waals surface area contributed by atoms with Gasteiger partial charge in [0.1, 0.15) is 0 Å². The van der Waals surface area contributed by atoms with Crippen molar-refractivity contribution in [1.82, 2.24) is 5.32 Å². The van der Waals surface area contributed by atoms with Crippen molar-refractivity contribution in [2.75, 3.05) is 23.9 Å². The van der Waals surface area contributed by atoms with Crippen LogP contribution in [0.3, 0.4) is 0 Å². The highest BCUT2D eigenvalue weighted by atomic mass is 32.2. The molecule has 1 rings (SSSR count). The molecule has 1 atom stereocenters. The molecule has 1 unspecified atom stereocenters. The lowest BCUT2D eigenvalue weighted by Gasteiger charge is -2.14. The molecule has 0 fully saturated rings. The second-order valence-corrected chi connectivity index (χ2v) is 5.57. The minimum atomic E-state index is -0.152. The number of nitrogens with one attached hydrogen (secondary N) is 2. The second kappa shape index (κ2) is 9.87. The molecule has 0 spiro atoms. The summed E-state index contributed by atoms with van der Waals surface area (Å²) in [4.78, 5) is 11.9. The highest BCUT2D eigenvalue weighted by molar-refractivity contribution is 7.98. The highest BCUT2D eigenvalue weighted by Crippen LogP contribution is 2.05. The van der Waals surface area contributed by atoms with Gasteiger partial charge in [-0.25, -0.2) is 0 Å². The third-order valence-corrected chi connectivity index (χ3v) is 3.61. The largest absolute Gasteiger partial charge is 0.325 e. The van der Waals surface area contributed by atoms with E-state index >= 15 is 0 Å². The van der Waals surface area contributed by atoms with E-state index in [0.717, 1.165) is 18.7 Å². The summed E-state index contributed by atoms with van der Waals surface area (Å²) < 4.78 is 0. The third kappa shape index (κ3) is 7.23. The maximum absolute atomic E-state index is 11.9. The molecular formula is C15H24N2OS. The molecule has 0 saturated heterocycles. The molecule has 3 nitrogen and oxygen atoms in total. The van der Waals surface area contributed by atoms with E-state index < -0.39 is 0 Å². The van der Waals surface area contributed by atoms with Crippen LogP contribution in [-0.4, -0.2) is 30.5 Å². The molecule has 0 heterocycles. The summed E-state index contributed by atoms with van der Waals surface area (Å²) in [6.07, 6.45) is 5.74. The Morgan fingerprint density at radius 2 is 1.95 bits per heavy atom. The fourth-order valence-corrected chi connectivity index (χ4v) is 2.22. The lowest BCUT2D eigenvalue weighted by molar-refractivity contribution is -0.117. The number of unbranched alkanes of at least 4 members (excludes halogenated alkanes) is 2. The van der Waals surface area contributed by atoms with Gasteiger partial charge in [0.25, 0.3) is 0 Å². The van der Waals surface area contributed by atoms with E-state index in [1.807, 2.05) is 49.0 Å². The van der Waals surface area contributed by atoms with Gasteiger partial charge in [0.2, 0.25) is 5.91 Å². The number of amides is 1. The molecule has 1 aromatic rings. The molecule has 0 radical (unpaired) electrons. The van der Waals surface area contributed by atoms with Crippen LogP contribution in [0.2, 0.25) is 0 Å². The van der Waals surface area contributed by atoms with Crippen LogP contribution in [-0.2, 0) is 4.79 Å². The summed E-state index contributed by atoms with van der Waals surface area (Å²) in [5, 5.41) is 6.16. The number of thioether (sulfide) groups is 1. The second-order valence-electron chi connectivity index (χ2n) is 4.58. The minimum Gasteiger partial charge on any atom is -0.325 e. The number of benzene rings is 1. The Hall–Kier alpha value is -1.00. The average molecular weight is 280 g/mol. The number of para-hydroxylation sites is 1. The first kappa shape index (κ1) is 16.1. The average Bonchev–Trinajstić information content (AvgIpc) is 2.43. The van der Waals surface area contributed by atoms with E-state index in [-0.39, 0.29) is 11.9 Å². The van der Waals surface area contributed by atoms with Gasteiger partial charge in [0, 0.05) is 5.69 Å². The quantitative estimate of drug-likeness (QED) is 0.683. The molecule has 1 aromatic carbocycles. The molecule has 0 bridgehead atoms. The molecule has 2 N–H and O–H groups in total. The first-order valence-corrected chi connectivity index (χ1v) is 8.21. The van der Waals surface area contributed by atoms with E-state index in [2.05, 4.69) is 16.9 Å². The summed E-state index contributed by atoms with van der Waals surface area (Å²) >= 11 is 1.89. The van der Waals surface area contributed by atoms with Gasteiger partial charge in [-0.3, -0.25) is 4.79 Å². The molecule has 0 aromatic heterocycles. The molecule has 0 saturated carbocycles. The Balaban J connectivity index is 2.15. The zero-order chi connectivity index (χ0) is 13.9. The lowest BCUT2D eigenvalue weighted by atomic mass is 10.2. The van der Waals surface area contributed by atoms with Gasteiger partial charge >= 0.3 is 0 Å². The standard InChI is InChI=1S/C15H24N2OS/c1-13(16-11-7-4-8-12-19-2)15(18)17-14-9-5-3-6-10-14/h3,5-6,9-10,13,16H,4,7-8,11-12H2,1-2H3,(H,17,18). The highest BCUT2D eigenvalue weighted by Gasteiger charge is 2.11. The van der Waals surface area contributed by atoms with Gasteiger partial charge in [-0.05, 0) is 50.5 Å². The van der Waals surface area contributed by atoms with Gasteiger partial charge in [-0.1, -0.05) is 24.6 Å². The van der Waals surface area contributed by atoms with Crippen molar-refractivity contribution in [3.8, 4) is 0 Å². The van der Waals surface area contributed by atoms with Gasteiger partial charge < -0.3 is 10.6 Å². The smallest absolute Gasteiger partial charge is 0.241 e. The Morgan fingerprint density at radius 3 is 2.63 bits per heavy atom. The Labute approximate surface area is 120 Å². The summed E-state index contributed by atoms with van der Waals surface area (Å²) in [6, 6.07) is 9.41. The van der Waals surface area contributed by atoms with Crippen LogP contribution in [0, 0.1) is 0 Å². The van der Waals surface area contributed by atoms with Crippen LogP contribution in [0.25, 0.3) is 0 Å². The fraction of sp³-hybridized carbons (Fsp3) is 0.533. The lowest BCUT2D eigenvalue weighted by Crippen LogP contribution is -2.38. The van der Waals surface area contributed by atoms with E-state index in [0.29, 0.717) is 0 Å². The van der Waals surface area contributed by atoms with Crippen LogP contribution >= 0.6 is 11.8 Å². The Kier molecular flexibility index (Phi) is 8.34. The maximum Gasteiger partial charge on any atom is 0.241 e. The van der Waals surface area contributed by atoms with Gasteiger partial charge in [0.15, 0.2) is 0 Å². The SMILES string of the molecule is CSCCCCCNC(C)C(=O)Nc1ccccc1. The van der Waals surface area contributed by atoms with Crippen molar-refractivity contribution in [2.24, 2.45) is 0 Å². The number of hydrogen-bond donors (Lipinski definition) is 2. The monoisotopic (exact) mass is 280 g/mol. The van der Waals surface area contributed by atoms with Crippen molar-refractivity contribution in [3.05, 3.63) is 30.3 Å². The van der Waals surface area contributed by atoms with E-state index in [1.165, 1.54) is 18.6 Å². The van der Waals surface area contributed by atoms with Crippen LogP contribution in [0.5, 0.6) is 0 Å². The van der Waals surface area contributed by atoms with Crippen molar-refractivity contribution in [2.45, 2.75) is 32.2 Å². The summed E-state index contributed by atoms with van der Waals surface area (Å²) in [5.74, 6) is 1.25. The molecular weight excluding hydrogens is 256 g/mol. The molecule has 0 aliphatic heterocycles. The fourth-order valence-electron chi connectivity index (χ4n) is 1.73. The molecule has 0 aliphatic rings. The molecule has 19 heavy (non-hydrogen) atoms. The zero-order valence-corrected chi connectivity index (χ0v) is 12.6. The zero-order valence-electron chi connectivity index (χ0n) is 11.8. The molecule has 1 amide bonds. The molecule has 0 aliphatic carbocycles. The van der Waals surface area contributed by atoms with Crippen molar-refractivity contribution in [3.63, 3.8) is 0 Å². The minimum absolute atomic E-state index is 0.0234. The van der Waals surface area contributed by atoms with Gasteiger partial charge in [0.05, 0.1) is 6.04 Å². The van der Waals surface area contributed by atoms with Crippen LogP contribution < -0.4 is 10.6 Å². The number of rotatable bonds is 9. The number of carbonyl (C=O) groups excluding carboxylic acids is 1. The summed E-state index contributed by atoms with van der Waals surface area (Å²) in [5.41, 5.74) is 0.848. The Bertz CT molecular complexity index is 356. The van der Waals surface area contributed by atoms with Crippen LogP contribution in [0.1, 0.15) is 26.2 Å². The first-order valence-electron chi connectivity index (χ1n) is 6.82. The number of carbonyl (C=O) groups is 1. The predicted molar refractivity (Wildman–Crippen MR) is 84.8 cm³/mol. The molecule has 106 valence electrons. The van der Waals surface area contributed by atoms with E-state index in [4.69, 9.17) is 0 Å². The topological polar surface area (TPSA) is 41.1 Å². The maximum atomic E-state index is 11.9. The Morgan fingerprint density at radius 1 is 1.21 bits per heavy atom. The van der Waals surface area contributed by atoms with Crippen LogP contribution in [0.4, 0.5) is 5.69 Å².